The lowest BCUT2D eigenvalue weighted by atomic mass is 9.98. The van der Waals surface area contributed by atoms with Crippen molar-refractivity contribution in [3.8, 4) is 0 Å². The van der Waals surface area contributed by atoms with Crippen LogP contribution < -0.4 is 0 Å². The van der Waals surface area contributed by atoms with E-state index in [-0.39, 0.29) is 5.91 Å². The molecule has 0 aromatic carbocycles. The number of aryl methyl sites for hydroxylation is 1. The minimum absolute atomic E-state index is 0.215. The highest BCUT2D eigenvalue weighted by molar-refractivity contribution is 9.09. The van der Waals surface area contributed by atoms with Crippen molar-refractivity contribution in [1.82, 2.24) is 4.90 Å². The molecule has 0 aliphatic carbocycles. The van der Waals surface area contributed by atoms with Gasteiger partial charge in [0.25, 0.3) is 5.91 Å². The second-order valence-corrected chi connectivity index (χ2v) is 5.75. The van der Waals surface area contributed by atoms with Crippen LogP contribution in [0.4, 0.5) is 0 Å². The van der Waals surface area contributed by atoms with Crippen molar-refractivity contribution >= 4 is 33.2 Å². The molecule has 0 unspecified atom stereocenters. The summed E-state index contributed by atoms with van der Waals surface area (Å²) in [6.07, 6.45) is 2.25. The minimum atomic E-state index is 0.215. The highest BCUT2D eigenvalue weighted by Gasteiger charge is 2.23. The van der Waals surface area contributed by atoms with Gasteiger partial charge in [0.15, 0.2) is 0 Å². The number of likely N-dealkylation sites (tertiary alicyclic amines) is 1. The van der Waals surface area contributed by atoms with E-state index >= 15 is 0 Å². The average molecular weight is 302 g/mol. The van der Waals surface area contributed by atoms with Crippen LogP contribution in [0, 0.1) is 12.8 Å². The fourth-order valence-corrected chi connectivity index (χ4v) is 3.51. The van der Waals surface area contributed by atoms with Crippen LogP contribution in [0.3, 0.4) is 0 Å². The number of hydrogen-bond donors (Lipinski definition) is 0. The lowest BCUT2D eigenvalue weighted by molar-refractivity contribution is 0.0699. The number of halogens is 1. The van der Waals surface area contributed by atoms with Gasteiger partial charge in [-0.25, -0.2) is 0 Å². The van der Waals surface area contributed by atoms with Crippen LogP contribution in [-0.4, -0.2) is 29.2 Å². The zero-order chi connectivity index (χ0) is 11.5. The second-order valence-electron chi connectivity index (χ2n) is 4.36. The first-order valence-electron chi connectivity index (χ1n) is 5.60. The fourth-order valence-electron chi connectivity index (χ4n) is 2.04. The van der Waals surface area contributed by atoms with Crippen molar-refractivity contribution in [2.75, 3.05) is 18.4 Å². The van der Waals surface area contributed by atoms with Crippen LogP contribution in [0.2, 0.25) is 0 Å². The molecule has 0 atom stereocenters. The molecule has 16 heavy (non-hydrogen) atoms. The second kappa shape index (κ2) is 5.32. The van der Waals surface area contributed by atoms with E-state index in [0.717, 1.165) is 48.3 Å². The molecule has 1 fully saturated rings. The number of amides is 1. The summed E-state index contributed by atoms with van der Waals surface area (Å²) >= 11 is 5.13. The maximum atomic E-state index is 12.2. The first-order chi connectivity index (χ1) is 7.72. The fraction of sp³-hybridized carbons (Fsp3) is 0.583. The van der Waals surface area contributed by atoms with Crippen LogP contribution >= 0.6 is 27.3 Å². The predicted octanol–water partition coefficient (Wildman–Crippen LogP) is 3.30. The SMILES string of the molecule is Cc1cscc1C(=O)N1CCC(CBr)CC1. The van der Waals surface area contributed by atoms with Crippen LogP contribution in [0.15, 0.2) is 10.8 Å². The van der Waals surface area contributed by atoms with Gasteiger partial charge in [0.2, 0.25) is 0 Å². The number of carbonyl (C=O) groups excluding carboxylic acids is 1. The monoisotopic (exact) mass is 301 g/mol. The van der Waals surface area contributed by atoms with Gasteiger partial charge in [-0.15, -0.1) is 0 Å². The summed E-state index contributed by atoms with van der Waals surface area (Å²) < 4.78 is 0. The number of hydrogen-bond acceptors (Lipinski definition) is 2. The van der Waals surface area contributed by atoms with Gasteiger partial charge in [-0.2, -0.15) is 11.3 Å². The third-order valence-electron chi connectivity index (χ3n) is 3.21. The van der Waals surface area contributed by atoms with Crippen molar-refractivity contribution in [3.63, 3.8) is 0 Å². The molecule has 1 aliphatic heterocycles. The number of carbonyl (C=O) groups is 1. The van der Waals surface area contributed by atoms with E-state index in [2.05, 4.69) is 15.9 Å². The third kappa shape index (κ3) is 2.48. The average Bonchev–Trinajstić information content (AvgIpc) is 2.75. The normalized spacial score (nSPS) is 17.8. The number of thiophene rings is 1. The highest BCUT2D eigenvalue weighted by Crippen LogP contribution is 2.22. The van der Waals surface area contributed by atoms with Gasteiger partial charge in [-0.3, -0.25) is 4.79 Å². The summed E-state index contributed by atoms with van der Waals surface area (Å²) in [5, 5.41) is 5.07. The molecule has 0 saturated carbocycles. The molecule has 2 rings (SSSR count). The highest BCUT2D eigenvalue weighted by atomic mass is 79.9. The molecule has 2 heterocycles. The molecular weight excluding hydrogens is 286 g/mol. The van der Waals surface area contributed by atoms with Gasteiger partial charge in [-0.05, 0) is 36.6 Å². The van der Waals surface area contributed by atoms with E-state index in [1.54, 1.807) is 11.3 Å². The Balaban J connectivity index is 2.00. The van der Waals surface area contributed by atoms with Gasteiger partial charge in [0.1, 0.15) is 0 Å². The van der Waals surface area contributed by atoms with Gasteiger partial charge in [0, 0.05) is 23.8 Å². The Kier molecular flexibility index (Phi) is 4.03. The smallest absolute Gasteiger partial charge is 0.254 e. The summed E-state index contributed by atoms with van der Waals surface area (Å²) in [4.78, 5) is 14.2. The van der Waals surface area contributed by atoms with Crippen molar-refractivity contribution in [2.24, 2.45) is 5.92 Å². The van der Waals surface area contributed by atoms with E-state index in [1.807, 2.05) is 22.6 Å². The molecule has 2 nitrogen and oxygen atoms in total. The van der Waals surface area contributed by atoms with E-state index in [9.17, 15) is 4.79 Å². The Morgan fingerprint density at radius 2 is 2.19 bits per heavy atom. The molecule has 1 aliphatic rings. The van der Waals surface area contributed by atoms with Crippen molar-refractivity contribution in [1.29, 1.82) is 0 Å². The van der Waals surface area contributed by atoms with Crippen LogP contribution in [0.5, 0.6) is 0 Å². The third-order valence-corrected chi connectivity index (χ3v) is 4.98. The van der Waals surface area contributed by atoms with E-state index in [0.29, 0.717) is 0 Å². The van der Waals surface area contributed by atoms with Gasteiger partial charge in [0.05, 0.1) is 5.56 Å². The van der Waals surface area contributed by atoms with E-state index in [4.69, 9.17) is 0 Å². The minimum Gasteiger partial charge on any atom is -0.339 e. The quantitative estimate of drug-likeness (QED) is 0.768. The standard InChI is InChI=1S/C12H16BrNOS/c1-9-7-16-8-11(9)12(15)14-4-2-10(6-13)3-5-14/h7-8,10H,2-6H2,1H3. The predicted molar refractivity (Wildman–Crippen MR) is 71.5 cm³/mol. The molecule has 4 heteroatoms. The zero-order valence-corrected chi connectivity index (χ0v) is 11.8. The van der Waals surface area contributed by atoms with Crippen LogP contribution in [-0.2, 0) is 0 Å². The first kappa shape index (κ1) is 12.1. The molecule has 1 saturated heterocycles. The summed E-state index contributed by atoms with van der Waals surface area (Å²) in [6.45, 7) is 3.82. The largest absolute Gasteiger partial charge is 0.339 e. The van der Waals surface area contributed by atoms with E-state index in [1.165, 1.54) is 0 Å². The Bertz CT molecular complexity index is 369. The maximum Gasteiger partial charge on any atom is 0.254 e. The van der Waals surface area contributed by atoms with Gasteiger partial charge >= 0.3 is 0 Å². The van der Waals surface area contributed by atoms with Gasteiger partial charge < -0.3 is 4.90 Å². The Morgan fingerprint density at radius 3 is 2.69 bits per heavy atom. The molecule has 1 aromatic heterocycles. The molecule has 0 N–H and O–H groups in total. The molecule has 0 bridgehead atoms. The lowest BCUT2D eigenvalue weighted by Crippen LogP contribution is -2.38. The summed E-state index contributed by atoms with van der Waals surface area (Å²) in [5.41, 5.74) is 2.00. The molecule has 88 valence electrons. The number of alkyl halides is 1. The van der Waals surface area contributed by atoms with Crippen molar-refractivity contribution in [2.45, 2.75) is 19.8 Å². The Morgan fingerprint density at radius 1 is 1.50 bits per heavy atom. The molecule has 0 spiro atoms. The maximum absolute atomic E-state index is 12.2. The zero-order valence-electron chi connectivity index (χ0n) is 9.41. The van der Waals surface area contributed by atoms with Crippen LogP contribution in [0.25, 0.3) is 0 Å². The topological polar surface area (TPSA) is 20.3 Å². The van der Waals surface area contributed by atoms with Crippen molar-refractivity contribution < 1.29 is 4.79 Å². The van der Waals surface area contributed by atoms with Crippen LogP contribution in [0.1, 0.15) is 28.8 Å². The molecule has 1 amide bonds. The number of rotatable bonds is 2. The summed E-state index contributed by atoms with van der Waals surface area (Å²) in [7, 11) is 0. The van der Waals surface area contributed by atoms with E-state index < -0.39 is 0 Å². The lowest BCUT2D eigenvalue weighted by Gasteiger charge is -2.31. The Labute approximate surface area is 109 Å². The molecular formula is C12H16BrNOS. The number of nitrogens with zero attached hydrogens (tertiary/aromatic N) is 1. The Hall–Kier alpha value is -0.350. The molecule has 1 aromatic rings. The number of piperidine rings is 1. The summed E-state index contributed by atoms with van der Waals surface area (Å²) in [5.74, 6) is 0.958. The first-order valence-corrected chi connectivity index (χ1v) is 7.67. The summed E-state index contributed by atoms with van der Waals surface area (Å²) in [6, 6.07) is 0. The van der Waals surface area contributed by atoms with Crippen molar-refractivity contribution in [3.05, 3.63) is 21.9 Å². The molecule has 0 radical (unpaired) electrons. The van der Waals surface area contributed by atoms with Gasteiger partial charge in [-0.1, -0.05) is 15.9 Å².